The second-order valence-electron chi connectivity index (χ2n) is 9.31. The van der Waals surface area contributed by atoms with Crippen LogP contribution in [0.25, 0.3) is 11.0 Å². The number of esters is 1. The average molecular weight is 367 g/mol. The molecule has 0 unspecified atom stereocenters. The number of hydrogen-bond acceptors (Lipinski definition) is 3. The highest BCUT2D eigenvalue weighted by Gasteiger charge is 2.53. The number of rotatable bonds is 6. The summed E-state index contributed by atoms with van der Waals surface area (Å²) in [6, 6.07) is 3.93. The third kappa shape index (κ3) is 3.07. The molecule has 4 fully saturated rings. The molecule has 4 aliphatic rings. The molecule has 0 atom stereocenters. The van der Waals surface area contributed by atoms with Crippen molar-refractivity contribution < 1.29 is 9.53 Å². The first-order valence-electron chi connectivity index (χ1n) is 10.8. The maximum atomic E-state index is 13.2. The van der Waals surface area contributed by atoms with Gasteiger partial charge < -0.3 is 9.30 Å². The Bertz CT molecular complexity index is 818. The molecular weight excluding hydrogens is 336 g/mol. The molecule has 2 aromatic heterocycles. The standard InChI is InChI=1S/C23H30N2O2/c1-2-3-4-8-25-15-20(19-6-5-7-24-21(19)25)22(26)27-23-12-16-9-17(13-23)11-18(10-16)14-23/h5-7,15-18H,2-4,8-14H2,1H3. The van der Waals surface area contributed by atoms with E-state index in [2.05, 4.69) is 16.5 Å². The number of carbonyl (C=O) groups excluding carboxylic acids is 1. The summed E-state index contributed by atoms with van der Waals surface area (Å²) in [4.78, 5) is 17.8. The zero-order valence-corrected chi connectivity index (χ0v) is 16.3. The molecule has 4 aliphatic carbocycles. The zero-order chi connectivity index (χ0) is 18.4. The summed E-state index contributed by atoms with van der Waals surface area (Å²) in [5, 5.41) is 0.934. The van der Waals surface area contributed by atoms with Crippen molar-refractivity contribution in [2.24, 2.45) is 17.8 Å². The van der Waals surface area contributed by atoms with Crippen LogP contribution >= 0.6 is 0 Å². The van der Waals surface area contributed by atoms with Crippen molar-refractivity contribution >= 4 is 17.0 Å². The van der Waals surface area contributed by atoms with Crippen molar-refractivity contribution in [3.63, 3.8) is 0 Å². The second-order valence-corrected chi connectivity index (χ2v) is 9.31. The van der Waals surface area contributed by atoms with Crippen LogP contribution in [0.3, 0.4) is 0 Å². The Morgan fingerprint density at radius 2 is 1.89 bits per heavy atom. The summed E-state index contributed by atoms with van der Waals surface area (Å²) in [6.45, 7) is 3.12. The van der Waals surface area contributed by atoms with Gasteiger partial charge in [-0.2, -0.15) is 0 Å². The number of nitrogens with zero attached hydrogens (tertiary/aromatic N) is 2. The first kappa shape index (κ1) is 17.3. The molecule has 4 saturated carbocycles. The average Bonchev–Trinajstić information content (AvgIpc) is 3.00. The summed E-state index contributed by atoms with van der Waals surface area (Å²) in [5.74, 6) is 2.20. The van der Waals surface area contributed by atoms with Gasteiger partial charge in [-0.25, -0.2) is 9.78 Å². The van der Waals surface area contributed by atoms with Crippen molar-refractivity contribution in [3.8, 4) is 0 Å². The first-order valence-corrected chi connectivity index (χ1v) is 10.8. The Balaban J connectivity index is 1.41. The third-order valence-corrected chi connectivity index (χ3v) is 7.15. The number of fused-ring (bicyclic) bond motifs is 1. The summed E-state index contributed by atoms with van der Waals surface area (Å²) < 4.78 is 8.44. The van der Waals surface area contributed by atoms with Gasteiger partial charge >= 0.3 is 5.97 Å². The Labute approximate surface area is 161 Å². The van der Waals surface area contributed by atoms with Gasteiger partial charge in [-0.05, 0) is 74.8 Å². The Hall–Kier alpha value is -1.84. The SMILES string of the molecule is CCCCCn1cc(C(=O)OC23CC4CC(CC(C4)C2)C3)c2cccnc21. The van der Waals surface area contributed by atoms with Crippen LogP contribution < -0.4 is 0 Å². The molecule has 144 valence electrons. The van der Waals surface area contributed by atoms with E-state index in [1.54, 1.807) is 0 Å². The Kier molecular flexibility index (Phi) is 4.25. The van der Waals surface area contributed by atoms with Crippen LogP contribution in [-0.2, 0) is 11.3 Å². The molecule has 2 aromatic rings. The minimum absolute atomic E-state index is 0.135. The molecule has 4 nitrogen and oxygen atoms in total. The number of unbranched alkanes of at least 4 members (excludes halogenated alkanes) is 2. The molecule has 0 N–H and O–H groups in total. The van der Waals surface area contributed by atoms with Crippen LogP contribution in [0.15, 0.2) is 24.5 Å². The number of pyridine rings is 1. The number of carbonyl (C=O) groups is 1. The van der Waals surface area contributed by atoms with Crippen LogP contribution in [0.1, 0.15) is 75.1 Å². The molecule has 0 aromatic carbocycles. The maximum absolute atomic E-state index is 13.2. The topological polar surface area (TPSA) is 44.1 Å². The largest absolute Gasteiger partial charge is 0.455 e. The van der Waals surface area contributed by atoms with Gasteiger partial charge in [0.2, 0.25) is 0 Å². The molecule has 6 rings (SSSR count). The van der Waals surface area contributed by atoms with Gasteiger partial charge in [0, 0.05) is 24.3 Å². The molecular formula is C23H30N2O2. The lowest BCUT2D eigenvalue weighted by atomic mass is 9.54. The number of aromatic nitrogens is 2. The monoisotopic (exact) mass is 366 g/mol. The Morgan fingerprint density at radius 1 is 1.19 bits per heavy atom. The number of hydrogen-bond donors (Lipinski definition) is 0. The fourth-order valence-corrected chi connectivity index (χ4v) is 6.40. The van der Waals surface area contributed by atoms with E-state index in [0.29, 0.717) is 5.56 Å². The van der Waals surface area contributed by atoms with E-state index in [1.165, 1.54) is 32.1 Å². The van der Waals surface area contributed by atoms with Crippen molar-refractivity contribution in [1.29, 1.82) is 0 Å². The van der Waals surface area contributed by atoms with E-state index in [0.717, 1.165) is 61.0 Å². The summed E-state index contributed by atoms with van der Waals surface area (Å²) >= 11 is 0. The maximum Gasteiger partial charge on any atom is 0.340 e. The van der Waals surface area contributed by atoms with Crippen molar-refractivity contribution in [2.75, 3.05) is 0 Å². The zero-order valence-electron chi connectivity index (χ0n) is 16.3. The lowest BCUT2D eigenvalue weighted by Crippen LogP contribution is -2.52. The van der Waals surface area contributed by atoms with Crippen molar-refractivity contribution in [2.45, 2.75) is 76.9 Å². The van der Waals surface area contributed by atoms with E-state index >= 15 is 0 Å². The van der Waals surface area contributed by atoms with Gasteiger partial charge in [0.1, 0.15) is 11.2 Å². The van der Waals surface area contributed by atoms with Crippen LogP contribution in [0.4, 0.5) is 0 Å². The summed E-state index contributed by atoms with van der Waals surface area (Å²) in [6.07, 6.45) is 14.6. The fraction of sp³-hybridized carbons (Fsp3) is 0.652. The molecule has 2 heterocycles. The van der Waals surface area contributed by atoms with Crippen LogP contribution in [0, 0.1) is 17.8 Å². The van der Waals surface area contributed by atoms with Crippen molar-refractivity contribution in [3.05, 3.63) is 30.1 Å². The minimum atomic E-state index is -0.190. The van der Waals surface area contributed by atoms with Gasteiger partial charge in [-0.3, -0.25) is 0 Å². The van der Waals surface area contributed by atoms with Gasteiger partial charge in [-0.1, -0.05) is 19.8 Å². The number of aryl methyl sites for hydroxylation is 1. The number of ether oxygens (including phenoxy) is 1. The van der Waals surface area contributed by atoms with E-state index in [1.807, 2.05) is 24.5 Å². The lowest BCUT2D eigenvalue weighted by Gasteiger charge is -2.55. The van der Waals surface area contributed by atoms with Crippen LogP contribution in [0.5, 0.6) is 0 Å². The molecule has 0 radical (unpaired) electrons. The van der Waals surface area contributed by atoms with E-state index in [9.17, 15) is 4.79 Å². The molecule has 0 spiro atoms. The molecule has 4 bridgehead atoms. The Morgan fingerprint density at radius 3 is 2.56 bits per heavy atom. The third-order valence-electron chi connectivity index (χ3n) is 7.15. The van der Waals surface area contributed by atoms with E-state index in [4.69, 9.17) is 4.74 Å². The van der Waals surface area contributed by atoms with Crippen molar-refractivity contribution in [1.82, 2.24) is 9.55 Å². The van der Waals surface area contributed by atoms with Gasteiger partial charge in [0.25, 0.3) is 0 Å². The van der Waals surface area contributed by atoms with Gasteiger partial charge in [0.15, 0.2) is 0 Å². The van der Waals surface area contributed by atoms with Crippen LogP contribution in [0.2, 0.25) is 0 Å². The van der Waals surface area contributed by atoms with Gasteiger partial charge in [-0.15, -0.1) is 0 Å². The second kappa shape index (κ2) is 6.65. The first-order chi connectivity index (χ1) is 13.2. The molecule has 0 amide bonds. The smallest absolute Gasteiger partial charge is 0.340 e. The normalized spacial score (nSPS) is 31.5. The highest BCUT2D eigenvalue weighted by molar-refractivity contribution is 6.03. The van der Waals surface area contributed by atoms with Crippen LogP contribution in [-0.4, -0.2) is 21.1 Å². The fourth-order valence-electron chi connectivity index (χ4n) is 6.40. The minimum Gasteiger partial charge on any atom is -0.455 e. The molecule has 0 aliphatic heterocycles. The summed E-state index contributed by atoms with van der Waals surface area (Å²) in [5.41, 5.74) is 1.42. The highest BCUT2D eigenvalue weighted by atomic mass is 16.6. The lowest BCUT2D eigenvalue weighted by molar-refractivity contribution is -0.131. The molecule has 0 saturated heterocycles. The highest BCUT2D eigenvalue weighted by Crippen LogP contribution is 2.57. The van der Waals surface area contributed by atoms with Gasteiger partial charge in [0.05, 0.1) is 5.56 Å². The predicted molar refractivity (Wildman–Crippen MR) is 106 cm³/mol. The summed E-state index contributed by atoms with van der Waals surface area (Å²) in [7, 11) is 0. The van der Waals surface area contributed by atoms with E-state index < -0.39 is 0 Å². The quantitative estimate of drug-likeness (QED) is 0.511. The van der Waals surface area contributed by atoms with E-state index in [-0.39, 0.29) is 11.6 Å². The predicted octanol–water partition coefficient (Wildman–Crippen LogP) is 5.35. The molecule has 4 heteroatoms. The molecule has 27 heavy (non-hydrogen) atoms.